The van der Waals surface area contributed by atoms with Crippen molar-refractivity contribution in [2.24, 2.45) is 0 Å². The van der Waals surface area contributed by atoms with E-state index in [1.807, 2.05) is 0 Å². The molecule has 0 saturated carbocycles. The van der Waals surface area contributed by atoms with Crippen LogP contribution in [0.15, 0.2) is 17.0 Å². The SMILES string of the molecule is Cc1c(C(=O)O)cc(B(O)O)cc1S(=O)(=O)F. The molecule has 0 aliphatic rings. The van der Waals surface area contributed by atoms with Crippen LogP contribution in [-0.2, 0) is 10.2 Å². The van der Waals surface area contributed by atoms with Gasteiger partial charge in [0, 0.05) is 0 Å². The van der Waals surface area contributed by atoms with E-state index in [0.29, 0.717) is 6.07 Å². The standard InChI is InChI=1S/C8H8BFO6S/c1-4-6(8(11)12)2-5(9(13)14)3-7(4)17(10,15)16/h2-3,13-14H,1H3,(H,11,12). The summed E-state index contributed by atoms with van der Waals surface area (Å²) in [5.74, 6) is -1.49. The molecular weight excluding hydrogens is 254 g/mol. The van der Waals surface area contributed by atoms with Gasteiger partial charge in [0.05, 0.1) is 5.56 Å². The van der Waals surface area contributed by atoms with E-state index in [-0.39, 0.29) is 5.56 Å². The van der Waals surface area contributed by atoms with Crippen molar-refractivity contribution in [3.05, 3.63) is 23.3 Å². The molecule has 0 radical (unpaired) electrons. The molecule has 0 fully saturated rings. The molecule has 9 heteroatoms. The predicted octanol–water partition coefficient (Wildman–Crippen LogP) is -0.969. The van der Waals surface area contributed by atoms with Crippen LogP contribution in [0.1, 0.15) is 15.9 Å². The number of aromatic carboxylic acids is 1. The average molecular weight is 262 g/mol. The molecule has 0 aromatic heterocycles. The lowest BCUT2D eigenvalue weighted by atomic mass is 9.79. The molecule has 1 aromatic carbocycles. The minimum atomic E-state index is -5.13. The maximum absolute atomic E-state index is 12.9. The Morgan fingerprint density at radius 2 is 1.88 bits per heavy atom. The summed E-state index contributed by atoms with van der Waals surface area (Å²) in [5.41, 5.74) is -1.22. The number of carboxylic acids is 1. The van der Waals surface area contributed by atoms with Crippen molar-refractivity contribution >= 4 is 28.8 Å². The summed E-state index contributed by atoms with van der Waals surface area (Å²) in [4.78, 5) is 9.91. The largest absolute Gasteiger partial charge is 0.488 e. The molecule has 17 heavy (non-hydrogen) atoms. The van der Waals surface area contributed by atoms with E-state index >= 15 is 0 Å². The summed E-state index contributed by atoms with van der Waals surface area (Å²) < 4.78 is 34.4. The van der Waals surface area contributed by atoms with E-state index in [1.165, 1.54) is 0 Å². The topological polar surface area (TPSA) is 112 Å². The average Bonchev–Trinajstić information content (AvgIpc) is 2.15. The van der Waals surface area contributed by atoms with E-state index in [4.69, 9.17) is 15.2 Å². The van der Waals surface area contributed by atoms with Crippen molar-refractivity contribution in [3.63, 3.8) is 0 Å². The molecule has 0 saturated heterocycles. The number of carbonyl (C=O) groups is 1. The van der Waals surface area contributed by atoms with Crippen molar-refractivity contribution in [2.75, 3.05) is 0 Å². The lowest BCUT2D eigenvalue weighted by Gasteiger charge is -2.08. The first-order chi connectivity index (χ1) is 7.64. The van der Waals surface area contributed by atoms with E-state index in [2.05, 4.69) is 0 Å². The van der Waals surface area contributed by atoms with E-state index in [0.717, 1.165) is 13.0 Å². The van der Waals surface area contributed by atoms with E-state index < -0.39 is 39.2 Å². The monoisotopic (exact) mass is 262 g/mol. The highest BCUT2D eigenvalue weighted by molar-refractivity contribution is 7.86. The number of rotatable bonds is 3. The van der Waals surface area contributed by atoms with Crippen molar-refractivity contribution in [3.8, 4) is 0 Å². The van der Waals surface area contributed by atoms with E-state index in [1.54, 1.807) is 0 Å². The highest BCUT2D eigenvalue weighted by atomic mass is 32.3. The van der Waals surface area contributed by atoms with Crippen LogP contribution >= 0.6 is 0 Å². The first-order valence-corrected chi connectivity index (χ1v) is 5.71. The fraction of sp³-hybridized carbons (Fsp3) is 0.125. The Labute approximate surface area is 96.7 Å². The normalized spacial score (nSPS) is 11.3. The van der Waals surface area contributed by atoms with Crippen LogP contribution in [0, 0.1) is 6.92 Å². The molecule has 0 aliphatic carbocycles. The zero-order valence-electron chi connectivity index (χ0n) is 8.58. The number of hydrogen-bond acceptors (Lipinski definition) is 5. The highest BCUT2D eigenvalue weighted by Gasteiger charge is 2.24. The minimum Gasteiger partial charge on any atom is -0.478 e. The van der Waals surface area contributed by atoms with Gasteiger partial charge in [-0.1, -0.05) is 0 Å². The van der Waals surface area contributed by atoms with Crippen molar-refractivity contribution in [1.82, 2.24) is 0 Å². The van der Waals surface area contributed by atoms with Crippen LogP contribution in [0.5, 0.6) is 0 Å². The molecule has 0 amide bonds. The van der Waals surface area contributed by atoms with Gasteiger partial charge in [-0.2, -0.15) is 8.42 Å². The summed E-state index contributed by atoms with van der Waals surface area (Å²) in [6.07, 6.45) is 0. The zero-order chi connectivity index (χ0) is 13.4. The van der Waals surface area contributed by atoms with Gasteiger partial charge in [-0.15, -0.1) is 3.89 Å². The van der Waals surface area contributed by atoms with Gasteiger partial charge in [-0.25, -0.2) is 4.79 Å². The van der Waals surface area contributed by atoms with Gasteiger partial charge in [-0.05, 0) is 30.1 Å². The summed E-state index contributed by atoms with van der Waals surface area (Å²) in [6.45, 7) is 1.11. The molecule has 0 spiro atoms. The quantitative estimate of drug-likeness (QED) is 0.477. The minimum absolute atomic E-state index is 0.301. The number of hydrogen-bond donors (Lipinski definition) is 3. The Balaban J connectivity index is 3.67. The van der Waals surface area contributed by atoms with Gasteiger partial charge in [0.1, 0.15) is 4.90 Å². The van der Waals surface area contributed by atoms with Crippen LogP contribution in [0.25, 0.3) is 0 Å². The molecule has 1 aromatic rings. The zero-order valence-corrected chi connectivity index (χ0v) is 9.40. The van der Waals surface area contributed by atoms with Gasteiger partial charge in [0.15, 0.2) is 0 Å². The van der Waals surface area contributed by atoms with Crippen LogP contribution in [-0.4, -0.2) is 36.7 Å². The van der Waals surface area contributed by atoms with Crippen LogP contribution in [0.2, 0.25) is 0 Å². The third-order valence-electron chi connectivity index (χ3n) is 2.17. The van der Waals surface area contributed by atoms with Crippen molar-refractivity contribution in [2.45, 2.75) is 11.8 Å². The molecule has 0 aliphatic heterocycles. The van der Waals surface area contributed by atoms with Gasteiger partial charge in [-0.3, -0.25) is 0 Å². The summed E-state index contributed by atoms with van der Waals surface area (Å²) >= 11 is 0. The molecule has 0 bridgehead atoms. The molecule has 3 N–H and O–H groups in total. The van der Waals surface area contributed by atoms with Crippen molar-refractivity contribution < 1.29 is 32.3 Å². The molecule has 0 unspecified atom stereocenters. The predicted molar refractivity (Wildman–Crippen MR) is 56.3 cm³/mol. The third-order valence-corrected chi connectivity index (χ3v) is 3.12. The van der Waals surface area contributed by atoms with Crippen LogP contribution in [0.3, 0.4) is 0 Å². The molecule has 0 heterocycles. The first-order valence-electron chi connectivity index (χ1n) is 4.33. The second-order valence-electron chi connectivity index (χ2n) is 3.31. The highest BCUT2D eigenvalue weighted by Crippen LogP contribution is 2.20. The maximum Gasteiger partial charge on any atom is 0.488 e. The Morgan fingerprint density at radius 1 is 1.35 bits per heavy atom. The second-order valence-corrected chi connectivity index (χ2v) is 4.62. The molecule has 6 nitrogen and oxygen atoms in total. The third kappa shape index (κ3) is 2.81. The lowest BCUT2D eigenvalue weighted by molar-refractivity contribution is 0.0696. The second kappa shape index (κ2) is 4.44. The molecule has 92 valence electrons. The smallest absolute Gasteiger partial charge is 0.478 e. The lowest BCUT2D eigenvalue weighted by Crippen LogP contribution is -2.31. The number of carboxylic acid groups (broad SMARTS) is 1. The first kappa shape index (κ1) is 13.6. The Morgan fingerprint density at radius 3 is 2.24 bits per heavy atom. The van der Waals surface area contributed by atoms with Crippen molar-refractivity contribution in [1.29, 1.82) is 0 Å². The van der Waals surface area contributed by atoms with Gasteiger partial charge < -0.3 is 15.2 Å². The van der Waals surface area contributed by atoms with Crippen LogP contribution < -0.4 is 5.46 Å². The molecule has 1 rings (SSSR count). The van der Waals surface area contributed by atoms with Gasteiger partial charge in [0.2, 0.25) is 0 Å². The fourth-order valence-corrected chi connectivity index (χ4v) is 2.09. The Kier molecular flexibility index (Phi) is 3.55. The number of halogens is 1. The van der Waals surface area contributed by atoms with Gasteiger partial charge >= 0.3 is 23.3 Å². The summed E-state index contributed by atoms with van der Waals surface area (Å²) in [6, 6.07) is 1.55. The molecular formula is C8H8BFO6S. The maximum atomic E-state index is 12.9. The van der Waals surface area contributed by atoms with E-state index in [9.17, 15) is 17.1 Å². The Bertz CT molecular complexity index is 568. The number of benzene rings is 1. The fourth-order valence-electron chi connectivity index (χ4n) is 1.33. The van der Waals surface area contributed by atoms with Gasteiger partial charge in [0.25, 0.3) is 0 Å². The molecule has 0 atom stereocenters. The summed E-state index contributed by atoms with van der Waals surface area (Å²) in [7, 11) is -7.22. The van der Waals surface area contributed by atoms with Crippen LogP contribution in [0.4, 0.5) is 3.89 Å². The summed E-state index contributed by atoms with van der Waals surface area (Å²) in [5, 5.41) is 26.5. The Hall–Kier alpha value is -1.45.